The molecule has 0 amide bonds. The Morgan fingerprint density at radius 2 is 1.36 bits per heavy atom. The van der Waals surface area contributed by atoms with Gasteiger partial charge in [-0.05, 0) is 51.8 Å². The molecule has 2 aromatic carbocycles. The highest BCUT2D eigenvalue weighted by Crippen LogP contribution is 2.82. The Morgan fingerprint density at radius 1 is 0.840 bits per heavy atom. The SMILES string of the molecule is CC12c3ccccc3C13c1ccccc1C3(C)c1c2ncc(I)c1Cl. The van der Waals surface area contributed by atoms with Crippen molar-refractivity contribution in [3.63, 3.8) is 0 Å². The van der Waals surface area contributed by atoms with Crippen LogP contribution in [0.25, 0.3) is 0 Å². The molecule has 25 heavy (non-hydrogen) atoms. The van der Waals surface area contributed by atoms with Crippen LogP contribution >= 0.6 is 34.2 Å². The van der Waals surface area contributed by atoms with E-state index in [4.69, 9.17) is 16.6 Å². The van der Waals surface area contributed by atoms with Gasteiger partial charge >= 0.3 is 0 Å². The molecule has 3 aliphatic rings. The summed E-state index contributed by atoms with van der Waals surface area (Å²) in [6, 6.07) is 17.8. The molecule has 0 N–H and O–H groups in total. The standard InChI is InChI=1S/C22H15ClIN/c1-20-12-7-3-5-9-14(12)22(20)15-10-6-4-8-13(15)21(22,2)19-17(20)18(23)16(24)11-25-19/h3-11H,1-2H3. The number of hydrogen-bond donors (Lipinski definition) is 0. The fourth-order valence-corrected chi connectivity index (χ4v) is 7.16. The first-order chi connectivity index (χ1) is 12.0. The molecule has 0 aliphatic heterocycles. The van der Waals surface area contributed by atoms with Gasteiger partial charge in [0.15, 0.2) is 0 Å². The van der Waals surface area contributed by atoms with E-state index < -0.39 is 0 Å². The second kappa shape index (κ2) is 4.12. The van der Waals surface area contributed by atoms with E-state index in [9.17, 15) is 0 Å². The van der Waals surface area contributed by atoms with E-state index in [1.54, 1.807) is 0 Å². The van der Waals surface area contributed by atoms with Crippen LogP contribution < -0.4 is 0 Å². The van der Waals surface area contributed by atoms with Crippen molar-refractivity contribution in [2.45, 2.75) is 30.1 Å². The van der Waals surface area contributed by atoms with Gasteiger partial charge in [-0.2, -0.15) is 0 Å². The van der Waals surface area contributed by atoms with Crippen LogP contribution in [0.4, 0.5) is 0 Å². The fourth-order valence-electron chi connectivity index (χ4n) is 6.42. The molecule has 6 rings (SSSR count). The minimum Gasteiger partial charge on any atom is -0.259 e. The minimum absolute atomic E-state index is 0.0450. The molecule has 0 fully saturated rings. The van der Waals surface area contributed by atoms with Gasteiger partial charge in [0, 0.05) is 22.6 Å². The van der Waals surface area contributed by atoms with Crippen LogP contribution in [0.1, 0.15) is 47.4 Å². The zero-order valence-electron chi connectivity index (χ0n) is 13.9. The lowest BCUT2D eigenvalue weighted by Gasteiger charge is -2.68. The van der Waals surface area contributed by atoms with Crippen molar-refractivity contribution in [1.29, 1.82) is 0 Å². The summed E-state index contributed by atoms with van der Waals surface area (Å²) >= 11 is 9.21. The number of halogens is 2. The number of benzene rings is 2. The summed E-state index contributed by atoms with van der Waals surface area (Å²) in [5.41, 5.74) is 7.82. The molecule has 0 saturated heterocycles. The highest BCUT2D eigenvalue weighted by atomic mass is 127. The van der Waals surface area contributed by atoms with Gasteiger partial charge in [0.2, 0.25) is 0 Å². The van der Waals surface area contributed by atoms with Crippen LogP contribution in [0.5, 0.6) is 0 Å². The average molecular weight is 456 g/mol. The van der Waals surface area contributed by atoms with E-state index >= 15 is 0 Å². The zero-order chi connectivity index (χ0) is 17.2. The molecular formula is C22H15ClIN. The third kappa shape index (κ3) is 1.14. The number of fused-ring (bicyclic) bond motifs is 7. The van der Waals surface area contributed by atoms with Crippen LogP contribution in [0.3, 0.4) is 0 Å². The van der Waals surface area contributed by atoms with Crippen molar-refractivity contribution in [2.75, 3.05) is 0 Å². The lowest BCUT2D eigenvalue weighted by atomic mass is 9.33. The summed E-state index contributed by atoms with van der Waals surface area (Å²) in [7, 11) is 0. The lowest BCUT2D eigenvalue weighted by molar-refractivity contribution is 0.166. The maximum atomic E-state index is 6.90. The Balaban J connectivity index is 1.87. The molecule has 1 aromatic heterocycles. The van der Waals surface area contributed by atoms with Crippen LogP contribution in [-0.4, -0.2) is 4.98 Å². The number of nitrogens with zero attached hydrogens (tertiary/aromatic N) is 1. The Bertz CT molecular complexity index is 1120. The van der Waals surface area contributed by atoms with Crippen molar-refractivity contribution in [2.24, 2.45) is 0 Å². The first-order valence-electron chi connectivity index (χ1n) is 8.55. The first kappa shape index (κ1) is 14.7. The average Bonchev–Trinajstić information content (AvgIpc) is 2.74. The fraction of sp³-hybridized carbons (Fsp3) is 0.227. The number of aromatic nitrogens is 1. The zero-order valence-corrected chi connectivity index (χ0v) is 16.8. The van der Waals surface area contributed by atoms with Crippen molar-refractivity contribution < 1.29 is 0 Å². The molecule has 0 saturated carbocycles. The smallest absolute Gasteiger partial charge is 0.0615 e. The molecule has 122 valence electrons. The monoisotopic (exact) mass is 455 g/mol. The molecular weight excluding hydrogens is 441 g/mol. The molecule has 0 bridgehead atoms. The third-order valence-electron chi connectivity index (χ3n) is 7.19. The summed E-state index contributed by atoms with van der Waals surface area (Å²) in [5, 5.41) is 0.878. The Kier molecular flexibility index (Phi) is 2.43. The second-order valence-electron chi connectivity index (χ2n) is 7.73. The van der Waals surface area contributed by atoms with Gasteiger partial charge in [-0.25, -0.2) is 0 Å². The summed E-state index contributed by atoms with van der Waals surface area (Å²) < 4.78 is 1.03. The number of rotatable bonds is 0. The van der Waals surface area contributed by atoms with Crippen molar-refractivity contribution in [3.05, 3.63) is 96.8 Å². The minimum atomic E-state index is -0.118. The van der Waals surface area contributed by atoms with E-state index in [0.717, 1.165) is 14.3 Å². The topological polar surface area (TPSA) is 12.9 Å². The van der Waals surface area contributed by atoms with Gasteiger partial charge in [-0.1, -0.05) is 67.1 Å². The van der Waals surface area contributed by atoms with E-state index in [-0.39, 0.29) is 16.2 Å². The summed E-state index contributed by atoms with van der Waals surface area (Å²) in [4.78, 5) is 4.94. The molecule has 3 unspecified atom stereocenters. The Labute approximate surface area is 165 Å². The number of pyridine rings is 1. The van der Waals surface area contributed by atoms with Crippen molar-refractivity contribution in [1.82, 2.24) is 4.98 Å². The molecule has 1 heterocycles. The number of hydrogen-bond acceptors (Lipinski definition) is 1. The van der Waals surface area contributed by atoms with Gasteiger partial charge in [0.1, 0.15) is 0 Å². The Hall–Kier alpha value is -1.39. The summed E-state index contributed by atoms with van der Waals surface area (Å²) in [5.74, 6) is 0. The lowest BCUT2D eigenvalue weighted by Crippen LogP contribution is -2.69. The highest BCUT2D eigenvalue weighted by Gasteiger charge is 2.81. The van der Waals surface area contributed by atoms with Crippen molar-refractivity contribution in [3.8, 4) is 0 Å². The molecule has 3 heteroatoms. The summed E-state index contributed by atoms with van der Waals surface area (Å²) in [6.45, 7) is 4.74. The highest BCUT2D eigenvalue weighted by molar-refractivity contribution is 14.1. The molecule has 1 spiro atoms. The van der Waals surface area contributed by atoms with Gasteiger partial charge in [-0.3, -0.25) is 4.98 Å². The van der Waals surface area contributed by atoms with Crippen LogP contribution in [0.2, 0.25) is 5.02 Å². The molecule has 0 radical (unpaired) electrons. The predicted molar refractivity (Wildman–Crippen MR) is 109 cm³/mol. The van der Waals surface area contributed by atoms with Gasteiger partial charge in [0.05, 0.1) is 19.7 Å². The molecule has 3 aliphatic carbocycles. The first-order valence-corrected chi connectivity index (χ1v) is 10.0. The van der Waals surface area contributed by atoms with E-state index in [0.29, 0.717) is 0 Å². The maximum Gasteiger partial charge on any atom is 0.0615 e. The largest absolute Gasteiger partial charge is 0.259 e. The van der Waals surface area contributed by atoms with Gasteiger partial charge in [0.25, 0.3) is 0 Å². The van der Waals surface area contributed by atoms with Crippen LogP contribution in [0.15, 0.2) is 54.7 Å². The quantitative estimate of drug-likeness (QED) is 0.403. The maximum absolute atomic E-state index is 6.90. The summed E-state index contributed by atoms with van der Waals surface area (Å²) in [6.07, 6.45) is 1.93. The molecule has 3 atom stereocenters. The molecule has 1 nitrogen and oxygen atoms in total. The van der Waals surface area contributed by atoms with Crippen molar-refractivity contribution >= 4 is 34.2 Å². The third-order valence-corrected chi connectivity index (χ3v) is 8.72. The van der Waals surface area contributed by atoms with E-state index in [1.807, 2.05) is 6.20 Å². The van der Waals surface area contributed by atoms with Crippen LogP contribution in [0, 0.1) is 3.57 Å². The van der Waals surface area contributed by atoms with Gasteiger partial charge in [-0.15, -0.1) is 0 Å². The second-order valence-corrected chi connectivity index (χ2v) is 9.28. The van der Waals surface area contributed by atoms with E-state index in [1.165, 1.54) is 27.8 Å². The normalized spacial score (nSPS) is 32.5. The molecule has 3 aromatic rings. The predicted octanol–water partition coefficient (Wildman–Crippen LogP) is 5.58. The van der Waals surface area contributed by atoms with E-state index in [2.05, 4.69) is 85.0 Å². The Morgan fingerprint density at radius 3 is 1.96 bits per heavy atom. The van der Waals surface area contributed by atoms with Crippen LogP contribution in [-0.2, 0) is 16.2 Å². The van der Waals surface area contributed by atoms with Gasteiger partial charge < -0.3 is 0 Å².